The number of piperidine rings is 1. The van der Waals surface area contributed by atoms with E-state index in [1.165, 1.54) is 19.2 Å². The number of carbonyl (C=O) groups is 3. The summed E-state index contributed by atoms with van der Waals surface area (Å²) in [5.41, 5.74) is 1.82. The van der Waals surface area contributed by atoms with Gasteiger partial charge >= 0.3 is 5.97 Å². The third-order valence-electron chi connectivity index (χ3n) is 6.48. The molecular weight excluding hydrogens is 463 g/mol. The molecule has 0 bridgehead atoms. The lowest BCUT2D eigenvalue weighted by molar-refractivity contribution is -0.145. The van der Waals surface area contributed by atoms with Crippen molar-refractivity contribution in [1.29, 1.82) is 0 Å². The summed E-state index contributed by atoms with van der Waals surface area (Å²) in [6.07, 6.45) is 3.11. The van der Waals surface area contributed by atoms with Gasteiger partial charge in [0.1, 0.15) is 17.6 Å². The molecule has 1 aliphatic rings. The Bertz CT molecular complexity index is 1000. The van der Waals surface area contributed by atoms with Gasteiger partial charge in [0.25, 0.3) is 0 Å². The summed E-state index contributed by atoms with van der Waals surface area (Å²) in [4.78, 5) is 39.4. The Morgan fingerprint density at radius 2 is 1.67 bits per heavy atom. The summed E-state index contributed by atoms with van der Waals surface area (Å²) in [7, 11) is 1.27. The van der Waals surface area contributed by atoms with Crippen molar-refractivity contribution in [3.8, 4) is 5.75 Å². The second-order valence-electron chi connectivity index (χ2n) is 9.08. The molecule has 1 aliphatic heterocycles. The van der Waals surface area contributed by atoms with Gasteiger partial charge in [-0.3, -0.25) is 9.59 Å². The molecular formula is C28H35FN2O5. The van der Waals surface area contributed by atoms with Crippen molar-refractivity contribution in [1.82, 2.24) is 10.2 Å². The maximum absolute atomic E-state index is 13.2. The monoisotopic (exact) mass is 498 g/mol. The number of ether oxygens (including phenoxy) is 2. The highest BCUT2D eigenvalue weighted by Crippen LogP contribution is 2.22. The average molecular weight is 499 g/mol. The van der Waals surface area contributed by atoms with Gasteiger partial charge in [-0.25, -0.2) is 9.18 Å². The largest absolute Gasteiger partial charge is 0.494 e. The molecule has 0 saturated carbocycles. The zero-order valence-electron chi connectivity index (χ0n) is 21.0. The van der Waals surface area contributed by atoms with Crippen LogP contribution in [0.25, 0.3) is 0 Å². The molecule has 36 heavy (non-hydrogen) atoms. The molecule has 0 spiro atoms. The molecule has 1 atom stereocenters. The van der Waals surface area contributed by atoms with Crippen LogP contribution in [0, 0.1) is 11.7 Å². The number of hydrogen-bond acceptors (Lipinski definition) is 5. The van der Waals surface area contributed by atoms with Crippen LogP contribution >= 0.6 is 0 Å². The third-order valence-corrected chi connectivity index (χ3v) is 6.48. The first-order valence-electron chi connectivity index (χ1n) is 12.5. The molecule has 0 aliphatic carbocycles. The lowest BCUT2D eigenvalue weighted by Crippen LogP contribution is -2.44. The lowest BCUT2D eigenvalue weighted by Gasteiger charge is -2.32. The van der Waals surface area contributed by atoms with Crippen LogP contribution in [0.5, 0.6) is 5.75 Å². The minimum absolute atomic E-state index is 0.122. The van der Waals surface area contributed by atoms with E-state index in [0.29, 0.717) is 32.5 Å². The molecule has 1 unspecified atom stereocenters. The van der Waals surface area contributed by atoms with E-state index < -0.39 is 12.0 Å². The van der Waals surface area contributed by atoms with Gasteiger partial charge in [0, 0.05) is 32.4 Å². The van der Waals surface area contributed by atoms with Crippen molar-refractivity contribution >= 4 is 17.8 Å². The zero-order valence-corrected chi connectivity index (χ0v) is 21.0. The molecule has 2 aromatic rings. The van der Waals surface area contributed by atoms with Crippen LogP contribution in [0.15, 0.2) is 48.5 Å². The number of aryl methyl sites for hydroxylation is 1. The predicted molar refractivity (Wildman–Crippen MR) is 134 cm³/mol. The summed E-state index contributed by atoms with van der Waals surface area (Å²) in [5, 5.41) is 2.77. The van der Waals surface area contributed by atoms with Crippen molar-refractivity contribution in [3.63, 3.8) is 0 Å². The molecule has 2 aromatic carbocycles. The molecule has 0 aromatic heterocycles. The van der Waals surface area contributed by atoms with Crippen molar-refractivity contribution < 1.29 is 28.2 Å². The Hall–Kier alpha value is -3.42. The van der Waals surface area contributed by atoms with E-state index in [4.69, 9.17) is 9.47 Å². The van der Waals surface area contributed by atoms with E-state index in [0.717, 1.165) is 29.7 Å². The van der Waals surface area contributed by atoms with E-state index in [1.807, 2.05) is 36.1 Å². The van der Waals surface area contributed by atoms with Gasteiger partial charge in [-0.1, -0.05) is 24.3 Å². The van der Waals surface area contributed by atoms with Crippen LogP contribution in [0.2, 0.25) is 0 Å². The van der Waals surface area contributed by atoms with E-state index in [2.05, 4.69) is 5.32 Å². The first-order chi connectivity index (χ1) is 17.4. The van der Waals surface area contributed by atoms with Crippen molar-refractivity contribution in [2.45, 2.75) is 51.5 Å². The molecule has 0 radical (unpaired) electrons. The summed E-state index contributed by atoms with van der Waals surface area (Å²) in [6, 6.07) is 12.8. The van der Waals surface area contributed by atoms with Crippen LogP contribution < -0.4 is 10.1 Å². The fourth-order valence-electron chi connectivity index (χ4n) is 4.42. The van der Waals surface area contributed by atoms with Gasteiger partial charge in [0.15, 0.2) is 0 Å². The topological polar surface area (TPSA) is 84.9 Å². The number of amides is 2. The lowest BCUT2D eigenvalue weighted by atomic mass is 9.92. The Kier molecular flexibility index (Phi) is 10.3. The highest BCUT2D eigenvalue weighted by Gasteiger charge is 2.27. The Labute approximate surface area is 212 Å². The molecule has 1 heterocycles. The number of nitrogens with one attached hydrogen (secondary N) is 1. The van der Waals surface area contributed by atoms with E-state index in [-0.39, 0.29) is 36.4 Å². The second-order valence-corrected chi connectivity index (χ2v) is 9.08. The average Bonchev–Trinajstić information content (AvgIpc) is 2.89. The number of methoxy groups -OCH3 is 1. The second kappa shape index (κ2) is 13.6. The third kappa shape index (κ3) is 8.36. The summed E-state index contributed by atoms with van der Waals surface area (Å²) >= 11 is 0. The van der Waals surface area contributed by atoms with E-state index in [1.54, 1.807) is 12.1 Å². The highest BCUT2D eigenvalue weighted by atomic mass is 19.1. The molecule has 7 nitrogen and oxygen atoms in total. The fraction of sp³-hybridized carbons (Fsp3) is 0.464. The number of esters is 1. The quantitative estimate of drug-likeness (QED) is 0.478. The van der Waals surface area contributed by atoms with E-state index in [9.17, 15) is 18.8 Å². The van der Waals surface area contributed by atoms with Crippen molar-refractivity contribution in [2.75, 3.05) is 26.8 Å². The van der Waals surface area contributed by atoms with Gasteiger partial charge in [-0.15, -0.1) is 0 Å². The van der Waals surface area contributed by atoms with Crippen molar-refractivity contribution in [3.05, 3.63) is 65.5 Å². The van der Waals surface area contributed by atoms with Gasteiger partial charge in [-0.05, 0) is 67.5 Å². The van der Waals surface area contributed by atoms with Gasteiger partial charge in [-0.2, -0.15) is 0 Å². The minimum Gasteiger partial charge on any atom is -0.494 e. The summed E-state index contributed by atoms with van der Waals surface area (Å²) < 4.78 is 23.4. The normalized spacial score (nSPS) is 14.7. The summed E-state index contributed by atoms with van der Waals surface area (Å²) in [5.74, 6) is -0.0417. The van der Waals surface area contributed by atoms with Crippen LogP contribution in [-0.4, -0.2) is 55.5 Å². The molecule has 2 amide bonds. The number of nitrogens with zero attached hydrogens (tertiary/aromatic N) is 1. The SMILES string of the molecule is CCOc1ccc(CCC(=O)N2CCC(CC(=O)NC(Cc3ccc(F)cc3)C(=O)OC)CC2)cc1. The van der Waals surface area contributed by atoms with Crippen LogP contribution in [-0.2, 0) is 32.0 Å². The molecule has 8 heteroatoms. The molecule has 1 fully saturated rings. The smallest absolute Gasteiger partial charge is 0.328 e. The first-order valence-corrected chi connectivity index (χ1v) is 12.5. The Morgan fingerprint density at radius 3 is 2.28 bits per heavy atom. The van der Waals surface area contributed by atoms with Gasteiger partial charge < -0.3 is 19.7 Å². The van der Waals surface area contributed by atoms with Crippen molar-refractivity contribution in [2.24, 2.45) is 5.92 Å². The van der Waals surface area contributed by atoms with E-state index >= 15 is 0 Å². The van der Waals surface area contributed by atoms with Crippen LogP contribution in [0.3, 0.4) is 0 Å². The number of benzene rings is 2. The maximum atomic E-state index is 13.2. The fourth-order valence-corrected chi connectivity index (χ4v) is 4.42. The molecule has 1 saturated heterocycles. The predicted octanol–water partition coefficient (Wildman–Crippen LogP) is 3.69. The highest BCUT2D eigenvalue weighted by molar-refractivity contribution is 5.84. The molecule has 1 N–H and O–H groups in total. The maximum Gasteiger partial charge on any atom is 0.328 e. The zero-order chi connectivity index (χ0) is 25.9. The number of likely N-dealkylation sites (tertiary alicyclic amines) is 1. The number of hydrogen-bond donors (Lipinski definition) is 1. The number of halogens is 1. The standard InChI is InChI=1S/C28H35FN2O5/c1-3-36-24-11-6-20(7-12-24)8-13-27(33)31-16-14-22(15-17-31)19-26(32)30-25(28(34)35-2)18-21-4-9-23(29)10-5-21/h4-7,9-12,22,25H,3,8,13-19H2,1-2H3,(H,30,32). The first kappa shape index (κ1) is 27.2. The number of carbonyl (C=O) groups excluding carboxylic acids is 3. The van der Waals surface area contributed by atoms with Gasteiger partial charge in [0.05, 0.1) is 13.7 Å². The Morgan fingerprint density at radius 1 is 1.03 bits per heavy atom. The Balaban J connectivity index is 1.41. The minimum atomic E-state index is -0.836. The molecule has 194 valence electrons. The van der Waals surface area contributed by atoms with Crippen LogP contribution in [0.4, 0.5) is 4.39 Å². The number of rotatable bonds is 11. The molecule has 3 rings (SSSR count). The van der Waals surface area contributed by atoms with Gasteiger partial charge in [0.2, 0.25) is 11.8 Å². The van der Waals surface area contributed by atoms with Crippen LogP contribution in [0.1, 0.15) is 43.7 Å². The summed E-state index contributed by atoms with van der Waals surface area (Å²) in [6.45, 7) is 3.81.